The molecule has 0 aliphatic heterocycles. The molecule has 0 fully saturated rings. The number of rotatable bonds is 11. The van der Waals surface area contributed by atoms with Crippen molar-refractivity contribution in [1.29, 1.82) is 0 Å². The van der Waals surface area contributed by atoms with E-state index in [0.29, 0.717) is 12.8 Å². The highest BCUT2D eigenvalue weighted by Crippen LogP contribution is 2.24. The van der Waals surface area contributed by atoms with Crippen molar-refractivity contribution in [1.82, 2.24) is 4.72 Å². The molecule has 0 bridgehead atoms. The molecule has 0 amide bonds. The molecule has 0 radical (unpaired) electrons. The van der Waals surface area contributed by atoms with E-state index in [4.69, 9.17) is 5.11 Å². The summed E-state index contributed by atoms with van der Waals surface area (Å²) in [5.41, 5.74) is 0.162. The second-order valence-electron chi connectivity index (χ2n) is 6.26. The molecule has 0 heterocycles. The number of sulfonamides is 1. The van der Waals surface area contributed by atoms with E-state index in [-0.39, 0.29) is 11.3 Å². The van der Waals surface area contributed by atoms with Crippen molar-refractivity contribution >= 4 is 16.0 Å². The van der Waals surface area contributed by atoms with Crippen LogP contribution in [0.4, 0.5) is 0 Å². The first-order valence-electron chi connectivity index (χ1n) is 8.63. The Kier molecular flexibility index (Phi) is 7.90. The van der Waals surface area contributed by atoms with Crippen LogP contribution in [0.2, 0.25) is 0 Å². The van der Waals surface area contributed by atoms with E-state index in [2.05, 4.69) is 11.6 Å². The summed E-state index contributed by atoms with van der Waals surface area (Å²) in [6, 6.07) is 6.86. The Bertz CT molecular complexity index is 619. The number of carboxylic acids is 1. The maximum Gasteiger partial charge on any atom is 0.305 e. The first-order chi connectivity index (χ1) is 11.3. The standard InChI is InChI=1S/C18H29NO4S/c1-4-7-8-9-15-10-12-16(13-11-15)24(22,23)19-18(5-2,6-3)14-17(20)21/h10-13,19H,4-9,14H2,1-3H3,(H,20,21). The van der Waals surface area contributed by atoms with Crippen LogP contribution in [0.3, 0.4) is 0 Å². The second kappa shape index (κ2) is 9.18. The van der Waals surface area contributed by atoms with Gasteiger partial charge in [0.1, 0.15) is 0 Å². The second-order valence-corrected chi connectivity index (χ2v) is 7.95. The van der Waals surface area contributed by atoms with Crippen LogP contribution >= 0.6 is 0 Å². The molecule has 24 heavy (non-hydrogen) atoms. The van der Waals surface area contributed by atoms with E-state index < -0.39 is 21.5 Å². The predicted octanol–water partition coefficient (Wildman–Crippen LogP) is 3.73. The van der Waals surface area contributed by atoms with E-state index in [1.807, 2.05) is 12.1 Å². The van der Waals surface area contributed by atoms with Crippen LogP contribution < -0.4 is 4.72 Å². The quantitative estimate of drug-likeness (QED) is 0.592. The van der Waals surface area contributed by atoms with Crippen LogP contribution in [-0.4, -0.2) is 25.0 Å². The lowest BCUT2D eigenvalue weighted by molar-refractivity contribution is -0.138. The minimum Gasteiger partial charge on any atom is -0.481 e. The molecule has 0 atom stereocenters. The van der Waals surface area contributed by atoms with Crippen molar-refractivity contribution in [3.8, 4) is 0 Å². The lowest BCUT2D eigenvalue weighted by Gasteiger charge is -2.31. The molecule has 0 aliphatic carbocycles. The molecule has 2 N–H and O–H groups in total. The molecular weight excluding hydrogens is 326 g/mol. The van der Waals surface area contributed by atoms with E-state index in [1.165, 1.54) is 0 Å². The molecule has 1 rings (SSSR count). The summed E-state index contributed by atoms with van der Waals surface area (Å²) in [6.07, 6.45) is 4.95. The van der Waals surface area contributed by atoms with Crippen LogP contribution in [0.5, 0.6) is 0 Å². The van der Waals surface area contributed by atoms with Crippen molar-refractivity contribution < 1.29 is 18.3 Å². The lowest BCUT2D eigenvalue weighted by atomic mass is 9.90. The molecule has 0 saturated heterocycles. The Morgan fingerprint density at radius 3 is 2.12 bits per heavy atom. The van der Waals surface area contributed by atoms with Crippen molar-refractivity contribution in [2.75, 3.05) is 0 Å². The van der Waals surface area contributed by atoms with Gasteiger partial charge in [-0.05, 0) is 43.4 Å². The Morgan fingerprint density at radius 2 is 1.67 bits per heavy atom. The van der Waals surface area contributed by atoms with Gasteiger partial charge in [0.25, 0.3) is 0 Å². The zero-order valence-electron chi connectivity index (χ0n) is 14.8. The highest BCUT2D eigenvalue weighted by molar-refractivity contribution is 7.89. The maximum absolute atomic E-state index is 12.6. The average Bonchev–Trinajstić information content (AvgIpc) is 2.54. The molecule has 0 saturated carbocycles. The highest BCUT2D eigenvalue weighted by atomic mass is 32.2. The Hall–Kier alpha value is -1.40. The van der Waals surface area contributed by atoms with Gasteiger partial charge in [-0.2, -0.15) is 0 Å². The lowest BCUT2D eigenvalue weighted by Crippen LogP contribution is -2.48. The number of benzene rings is 1. The fraction of sp³-hybridized carbons (Fsp3) is 0.611. The Morgan fingerprint density at radius 1 is 1.08 bits per heavy atom. The van der Waals surface area contributed by atoms with Gasteiger partial charge in [-0.25, -0.2) is 13.1 Å². The minimum atomic E-state index is -3.74. The number of aryl methyl sites for hydroxylation is 1. The summed E-state index contributed by atoms with van der Waals surface area (Å²) in [4.78, 5) is 11.3. The van der Waals surface area contributed by atoms with Crippen LogP contribution in [0.25, 0.3) is 0 Å². The van der Waals surface area contributed by atoms with Crippen LogP contribution in [0.1, 0.15) is 64.9 Å². The summed E-state index contributed by atoms with van der Waals surface area (Å²) in [5, 5.41) is 9.08. The van der Waals surface area contributed by atoms with Gasteiger partial charge in [-0.15, -0.1) is 0 Å². The van der Waals surface area contributed by atoms with Crippen molar-refractivity contribution in [2.24, 2.45) is 0 Å². The summed E-state index contributed by atoms with van der Waals surface area (Å²) in [5.74, 6) is -1.01. The first-order valence-corrected chi connectivity index (χ1v) is 10.1. The Balaban J connectivity index is 2.92. The van der Waals surface area contributed by atoms with Crippen molar-refractivity contribution in [3.63, 3.8) is 0 Å². The molecule has 1 aromatic rings. The van der Waals surface area contributed by atoms with Gasteiger partial charge in [0.2, 0.25) is 10.0 Å². The molecule has 0 aliphatic rings. The SMILES string of the molecule is CCCCCc1ccc(S(=O)(=O)NC(CC)(CC)CC(=O)O)cc1. The fourth-order valence-electron chi connectivity index (χ4n) is 2.73. The number of hydrogen-bond donors (Lipinski definition) is 2. The molecular formula is C18H29NO4S. The molecule has 136 valence electrons. The number of hydrogen-bond acceptors (Lipinski definition) is 3. The van der Waals surface area contributed by atoms with Crippen LogP contribution in [0, 0.1) is 0 Å². The number of aliphatic carboxylic acids is 1. The summed E-state index contributed by atoms with van der Waals surface area (Å²) in [6.45, 7) is 5.74. The number of unbranched alkanes of at least 4 members (excludes halogenated alkanes) is 2. The summed E-state index contributed by atoms with van der Waals surface area (Å²) < 4.78 is 27.8. The highest BCUT2D eigenvalue weighted by Gasteiger charge is 2.34. The monoisotopic (exact) mass is 355 g/mol. The van der Waals surface area contributed by atoms with Gasteiger partial charge in [-0.3, -0.25) is 4.79 Å². The molecule has 0 unspecified atom stereocenters. The van der Waals surface area contributed by atoms with Crippen LogP contribution in [-0.2, 0) is 21.2 Å². The third kappa shape index (κ3) is 5.91. The van der Waals surface area contributed by atoms with Gasteiger partial charge in [0.05, 0.1) is 11.3 Å². The minimum absolute atomic E-state index is 0.179. The van der Waals surface area contributed by atoms with Crippen LogP contribution in [0.15, 0.2) is 29.2 Å². The van der Waals surface area contributed by atoms with E-state index in [9.17, 15) is 13.2 Å². The van der Waals surface area contributed by atoms with Gasteiger partial charge < -0.3 is 5.11 Å². The van der Waals surface area contributed by atoms with E-state index in [0.717, 1.165) is 31.2 Å². The van der Waals surface area contributed by atoms with Gasteiger partial charge in [0, 0.05) is 5.54 Å². The van der Waals surface area contributed by atoms with Gasteiger partial charge in [0.15, 0.2) is 0 Å². The van der Waals surface area contributed by atoms with Crippen molar-refractivity contribution in [3.05, 3.63) is 29.8 Å². The van der Waals surface area contributed by atoms with E-state index in [1.54, 1.807) is 26.0 Å². The van der Waals surface area contributed by atoms with Gasteiger partial charge in [-0.1, -0.05) is 45.7 Å². The summed E-state index contributed by atoms with van der Waals surface area (Å²) in [7, 11) is -3.74. The maximum atomic E-state index is 12.6. The zero-order chi connectivity index (χ0) is 18.2. The number of carbonyl (C=O) groups is 1. The third-order valence-electron chi connectivity index (χ3n) is 4.50. The summed E-state index contributed by atoms with van der Waals surface area (Å²) >= 11 is 0. The smallest absolute Gasteiger partial charge is 0.305 e. The zero-order valence-corrected chi connectivity index (χ0v) is 15.7. The largest absolute Gasteiger partial charge is 0.481 e. The topological polar surface area (TPSA) is 83.5 Å². The molecule has 5 nitrogen and oxygen atoms in total. The molecule has 1 aromatic carbocycles. The number of nitrogens with one attached hydrogen (secondary N) is 1. The number of carboxylic acid groups (broad SMARTS) is 1. The van der Waals surface area contributed by atoms with Gasteiger partial charge >= 0.3 is 5.97 Å². The molecule has 6 heteroatoms. The van der Waals surface area contributed by atoms with Crippen molar-refractivity contribution in [2.45, 2.75) is 76.2 Å². The fourth-order valence-corrected chi connectivity index (χ4v) is 4.27. The molecule has 0 spiro atoms. The normalized spacial score (nSPS) is 12.3. The third-order valence-corrected chi connectivity index (χ3v) is 6.09. The first kappa shape index (κ1) is 20.6. The van der Waals surface area contributed by atoms with E-state index >= 15 is 0 Å². The Labute approximate surface area is 145 Å². The average molecular weight is 356 g/mol. The predicted molar refractivity (Wildman–Crippen MR) is 95.6 cm³/mol. The molecule has 0 aromatic heterocycles.